The van der Waals surface area contributed by atoms with Crippen molar-refractivity contribution in [2.45, 2.75) is 6.92 Å². The Labute approximate surface area is 96.7 Å². The van der Waals surface area contributed by atoms with Crippen LogP contribution in [0.4, 0.5) is 10.1 Å². The molecule has 0 radical (unpaired) electrons. The van der Waals surface area contributed by atoms with E-state index in [-0.39, 0.29) is 11.4 Å². The summed E-state index contributed by atoms with van der Waals surface area (Å²) in [6, 6.07) is 5.70. The molecule has 0 aliphatic heterocycles. The molecule has 0 bridgehead atoms. The van der Waals surface area contributed by atoms with E-state index >= 15 is 0 Å². The van der Waals surface area contributed by atoms with Gasteiger partial charge in [0.15, 0.2) is 0 Å². The first-order valence-corrected chi connectivity index (χ1v) is 4.66. The Morgan fingerprint density at radius 1 is 1.41 bits per heavy atom. The number of nitrogens with zero attached hydrogens (tertiary/aromatic N) is 1. The molecule has 17 heavy (non-hydrogen) atoms. The summed E-state index contributed by atoms with van der Waals surface area (Å²) in [5.41, 5.74) is 5.97. The average Bonchev–Trinajstić information content (AvgIpc) is 2.70. The number of aryl methyl sites for hydroxylation is 1. The van der Waals surface area contributed by atoms with Gasteiger partial charge in [-0.2, -0.15) is 0 Å². The number of hydrogen-bond acceptors (Lipinski definition) is 4. The Hall–Kier alpha value is -2.37. The number of aromatic carboxylic acids is 1. The summed E-state index contributed by atoms with van der Waals surface area (Å²) in [4.78, 5) is 10.2. The van der Waals surface area contributed by atoms with Crippen LogP contribution < -0.4 is 5.73 Å². The minimum absolute atomic E-state index is 0.120. The number of benzene rings is 1. The van der Waals surface area contributed by atoms with Crippen LogP contribution in [0.1, 0.15) is 16.1 Å². The molecule has 5 nitrogen and oxygen atoms in total. The molecular formula is C11H11FN2O3. The molecule has 0 aliphatic rings. The Morgan fingerprint density at radius 3 is 2.29 bits per heavy atom. The number of anilines is 1. The zero-order valence-electron chi connectivity index (χ0n) is 9.05. The predicted octanol–water partition coefficient (Wildman–Crippen LogP) is 2.09. The van der Waals surface area contributed by atoms with E-state index < -0.39 is 5.97 Å². The van der Waals surface area contributed by atoms with E-state index in [1.165, 1.54) is 30.5 Å². The summed E-state index contributed by atoms with van der Waals surface area (Å²) >= 11 is 0. The fourth-order valence-corrected chi connectivity index (χ4v) is 0.967. The maximum atomic E-state index is 12.0. The van der Waals surface area contributed by atoms with Gasteiger partial charge in [-0.05, 0) is 31.2 Å². The van der Waals surface area contributed by atoms with Gasteiger partial charge in [-0.25, -0.2) is 9.18 Å². The quantitative estimate of drug-likeness (QED) is 0.742. The molecule has 6 heteroatoms. The fraction of sp³-hybridized carbons (Fsp3) is 0.0909. The van der Waals surface area contributed by atoms with Gasteiger partial charge in [0.25, 0.3) is 0 Å². The van der Waals surface area contributed by atoms with Crippen molar-refractivity contribution in [3.63, 3.8) is 0 Å². The van der Waals surface area contributed by atoms with Crippen LogP contribution in [0, 0.1) is 12.7 Å². The van der Waals surface area contributed by atoms with Crippen molar-refractivity contribution in [2.24, 2.45) is 0 Å². The molecule has 2 rings (SSSR count). The van der Waals surface area contributed by atoms with E-state index in [9.17, 15) is 9.18 Å². The second-order valence-electron chi connectivity index (χ2n) is 3.15. The second-order valence-corrected chi connectivity index (χ2v) is 3.15. The van der Waals surface area contributed by atoms with Gasteiger partial charge in [0.2, 0.25) is 0 Å². The molecule has 3 N–H and O–H groups in total. The van der Waals surface area contributed by atoms with Gasteiger partial charge < -0.3 is 15.4 Å². The Morgan fingerprint density at radius 2 is 2.00 bits per heavy atom. The molecule has 0 atom stereocenters. The molecule has 0 unspecified atom stereocenters. The lowest BCUT2D eigenvalue weighted by Gasteiger charge is -1.87. The van der Waals surface area contributed by atoms with Gasteiger partial charge in [-0.1, -0.05) is 5.16 Å². The van der Waals surface area contributed by atoms with Crippen LogP contribution in [0.25, 0.3) is 0 Å². The smallest absolute Gasteiger partial charge is 0.340 e. The zero-order valence-corrected chi connectivity index (χ0v) is 9.05. The van der Waals surface area contributed by atoms with E-state index in [1.807, 2.05) is 0 Å². The highest BCUT2D eigenvalue weighted by Crippen LogP contribution is 2.04. The summed E-state index contributed by atoms with van der Waals surface area (Å²) < 4.78 is 16.5. The molecule has 90 valence electrons. The second kappa shape index (κ2) is 5.64. The first kappa shape index (κ1) is 12.7. The first-order valence-electron chi connectivity index (χ1n) is 4.66. The van der Waals surface area contributed by atoms with Gasteiger partial charge in [0.05, 0.1) is 6.20 Å². The highest BCUT2D eigenvalue weighted by Gasteiger charge is 2.09. The minimum atomic E-state index is -1.01. The largest absolute Gasteiger partial charge is 0.478 e. The van der Waals surface area contributed by atoms with Crippen molar-refractivity contribution >= 4 is 11.7 Å². The maximum Gasteiger partial charge on any atom is 0.340 e. The van der Waals surface area contributed by atoms with E-state index in [4.69, 9.17) is 10.8 Å². The monoisotopic (exact) mass is 238 g/mol. The molecule has 1 aromatic heterocycles. The lowest BCUT2D eigenvalue weighted by Crippen LogP contribution is -1.94. The van der Waals surface area contributed by atoms with Crippen LogP contribution in [0.3, 0.4) is 0 Å². The molecule has 0 saturated carbocycles. The number of nitrogen functional groups attached to an aromatic ring is 1. The van der Waals surface area contributed by atoms with Gasteiger partial charge in [0, 0.05) is 5.69 Å². The molecule has 1 heterocycles. The maximum absolute atomic E-state index is 12.0. The van der Waals surface area contributed by atoms with Gasteiger partial charge in [0.1, 0.15) is 17.1 Å². The summed E-state index contributed by atoms with van der Waals surface area (Å²) in [5, 5.41) is 11.6. The number of carboxylic acids is 1. The van der Waals surface area contributed by atoms with Crippen LogP contribution in [-0.4, -0.2) is 16.2 Å². The molecule has 0 fully saturated rings. The van der Waals surface area contributed by atoms with Crippen molar-refractivity contribution in [1.82, 2.24) is 5.16 Å². The third-order valence-corrected chi connectivity index (χ3v) is 1.85. The third kappa shape index (κ3) is 3.94. The number of carbonyl (C=O) groups is 1. The van der Waals surface area contributed by atoms with E-state index in [0.717, 1.165) is 0 Å². The number of nitrogens with two attached hydrogens (primary N) is 1. The van der Waals surface area contributed by atoms with Crippen molar-refractivity contribution in [1.29, 1.82) is 0 Å². The first-order chi connectivity index (χ1) is 8.00. The lowest BCUT2D eigenvalue weighted by molar-refractivity contribution is 0.0695. The molecule has 2 aromatic rings. The number of aromatic nitrogens is 1. The summed E-state index contributed by atoms with van der Waals surface area (Å²) in [6.45, 7) is 1.55. The fourth-order valence-electron chi connectivity index (χ4n) is 0.967. The standard InChI is InChI=1S/C6H6FN.C5H5NO3/c7-5-1-3-6(8)4-2-5;1-3-4(5(7)8)2-6-9-3/h1-4H,8H2;2H,1H3,(H,7,8). The van der Waals surface area contributed by atoms with Gasteiger partial charge in [-0.3, -0.25) is 0 Å². The average molecular weight is 238 g/mol. The van der Waals surface area contributed by atoms with Crippen LogP contribution in [0.2, 0.25) is 0 Å². The summed E-state index contributed by atoms with van der Waals surface area (Å²) in [5.74, 6) is -0.921. The molecule has 0 spiro atoms. The zero-order chi connectivity index (χ0) is 12.8. The van der Waals surface area contributed by atoms with Crippen LogP contribution in [-0.2, 0) is 0 Å². The SMILES string of the molecule is Cc1oncc1C(=O)O.Nc1ccc(F)cc1. The Balaban J connectivity index is 0.000000171. The topological polar surface area (TPSA) is 89.3 Å². The Bertz CT molecular complexity index is 473. The predicted molar refractivity (Wildman–Crippen MR) is 59.0 cm³/mol. The van der Waals surface area contributed by atoms with Crippen molar-refractivity contribution in [2.75, 3.05) is 5.73 Å². The summed E-state index contributed by atoms with van der Waals surface area (Å²) in [7, 11) is 0. The van der Waals surface area contributed by atoms with Gasteiger partial charge in [-0.15, -0.1) is 0 Å². The molecular weight excluding hydrogens is 227 g/mol. The minimum Gasteiger partial charge on any atom is -0.478 e. The van der Waals surface area contributed by atoms with Crippen LogP contribution in [0.15, 0.2) is 35.0 Å². The number of carboxylic acid groups (broad SMARTS) is 1. The molecule has 0 saturated heterocycles. The van der Waals surface area contributed by atoms with Crippen molar-refractivity contribution < 1.29 is 18.8 Å². The van der Waals surface area contributed by atoms with E-state index in [2.05, 4.69) is 9.68 Å². The lowest BCUT2D eigenvalue weighted by atomic mass is 10.3. The normalized spacial score (nSPS) is 9.29. The van der Waals surface area contributed by atoms with E-state index in [0.29, 0.717) is 11.4 Å². The highest BCUT2D eigenvalue weighted by atomic mass is 19.1. The third-order valence-electron chi connectivity index (χ3n) is 1.85. The highest BCUT2D eigenvalue weighted by molar-refractivity contribution is 5.88. The number of halogens is 1. The van der Waals surface area contributed by atoms with Crippen LogP contribution >= 0.6 is 0 Å². The number of rotatable bonds is 1. The van der Waals surface area contributed by atoms with E-state index in [1.54, 1.807) is 6.92 Å². The molecule has 0 amide bonds. The summed E-state index contributed by atoms with van der Waals surface area (Å²) in [6.07, 6.45) is 1.18. The van der Waals surface area contributed by atoms with Crippen molar-refractivity contribution in [3.05, 3.63) is 47.6 Å². The van der Waals surface area contributed by atoms with Crippen LogP contribution in [0.5, 0.6) is 0 Å². The Kier molecular flexibility index (Phi) is 4.21. The van der Waals surface area contributed by atoms with Crippen molar-refractivity contribution in [3.8, 4) is 0 Å². The van der Waals surface area contributed by atoms with Gasteiger partial charge >= 0.3 is 5.97 Å². The number of hydrogen-bond donors (Lipinski definition) is 2. The molecule has 1 aromatic carbocycles. The molecule has 0 aliphatic carbocycles.